The van der Waals surface area contributed by atoms with E-state index in [0.29, 0.717) is 16.3 Å². The van der Waals surface area contributed by atoms with Crippen LogP contribution in [0.1, 0.15) is 5.56 Å². The lowest BCUT2D eigenvalue weighted by molar-refractivity contribution is 0.415. The van der Waals surface area contributed by atoms with Crippen molar-refractivity contribution in [3.8, 4) is 22.6 Å². The summed E-state index contributed by atoms with van der Waals surface area (Å²) in [5.74, 6) is 0.874. The summed E-state index contributed by atoms with van der Waals surface area (Å²) in [5, 5.41) is 9.30. The van der Waals surface area contributed by atoms with Gasteiger partial charge in [-0.1, -0.05) is 36.5 Å². The Morgan fingerprint density at radius 2 is 1.83 bits per heavy atom. The molecule has 0 atom stereocenters. The Morgan fingerprint density at radius 1 is 1.17 bits per heavy atom. The van der Waals surface area contributed by atoms with Gasteiger partial charge in [0.25, 0.3) is 0 Å². The third-order valence-corrected chi connectivity index (χ3v) is 2.88. The third-order valence-electron chi connectivity index (χ3n) is 2.66. The first-order valence-corrected chi connectivity index (χ1v) is 5.80. The summed E-state index contributed by atoms with van der Waals surface area (Å²) >= 11 is 5.00. The van der Waals surface area contributed by atoms with Crippen LogP contribution < -0.4 is 10.5 Å². The second-order valence-electron chi connectivity index (χ2n) is 3.80. The molecule has 0 unspecified atom stereocenters. The molecule has 3 nitrogen and oxygen atoms in total. The Labute approximate surface area is 111 Å². The number of rotatable bonds is 3. The number of benzene rings is 2. The predicted molar refractivity (Wildman–Crippen MR) is 76.0 cm³/mol. The van der Waals surface area contributed by atoms with Gasteiger partial charge in [0.05, 0.1) is 12.7 Å². The minimum absolute atomic E-state index is 0.225. The van der Waals surface area contributed by atoms with Gasteiger partial charge in [-0.05, 0) is 23.8 Å². The van der Waals surface area contributed by atoms with Crippen LogP contribution in [-0.2, 0) is 0 Å². The molecule has 4 heteroatoms. The number of aromatic hydroxyl groups is 1. The van der Waals surface area contributed by atoms with Crippen LogP contribution in [0, 0.1) is 0 Å². The second kappa shape index (κ2) is 5.06. The fourth-order valence-corrected chi connectivity index (χ4v) is 1.98. The van der Waals surface area contributed by atoms with Crippen molar-refractivity contribution in [2.45, 2.75) is 0 Å². The molecule has 0 aliphatic rings. The summed E-state index contributed by atoms with van der Waals surface area (Å²) < 4.78 is 5.39. The van der Waals surface area contributed by atoms with Gasteiger partial charge in [-0.2, -0.15) is 0 Å². The Bertz CT molecular complexity index is 579. The number of hydrogen-bond acceptors (Lipinski definition) is 3. The quantitative estimate of drug-likeness (QED) is 0.832. The highest BCUT2D eigenvalue weighted by atomic mass is 32.1. The third kappa shape index (κ3) is 2.28. The SMILES string of the molecule is COc1c(C(N)=S)cccc1-c1ccc(O)cc1. The number of hydrogen-bond donors (Lipinski definition) is 2. The molecule has 0 aromatic heterocycles. The van der Waals surface area contributed by atoms with Crippen LogP contribution >= 0.6 is 12.2 Å². The highest BCUT2D eigenvalue weighted by Crippen LogP contribution is 2.33. The summed E-state index contributed by atoms with van der Waals surface area (Å²) in [6.45, 7) is 0. The van der Waals surface area contributed by atoms with E-state index in [2.05, 4.69) is 0 Å². The summed E-state index contributed by atoms with van der Waals surface area (Å²) in [7, 11) is 1.58. The van der Waals surface area contributed by atoms with Crippen molar-refractivity contribution >= 4 is 17.2 Å². The van der Waals surface area contributed by atoms with Gasteiger partial charge in [-0.3, -0.25) is 0 Å². The number of thiocarbonyl (C=S) groups is 1. The zero-order chi connectivity index (χ0) is 13.1. The molecule has 0 fully saturated rings. The van der Waals surface area contributed by atoms with Gasteiger partial charge in [0.1, 0.15) is 16.5 Å². The smallest absolute Gasteiger partial charge is 0.136 e. The Morgan fingerprint density at radius 3 is 2.39 bits per heavy atom. The standard InChI is InChI=1S/C14H13NO2S/c1-17-13-11(3-2-4-12(13)14(15)18)9-5-7-10(16)8-6-9/h2-8,16H,1H3,(H2,15,18). The Balaban J connectivity index is 2.60. The molecule has 0 saturated heterocycles. The highest BCUT2D eigenvalue weighted by molar-refractivity contribution is 7.80. The van der Waals surface area contributed by atoms with Gasteiger partial charge in [0, 0.05) is 5.56 Å². The van der Waals surface area contributed by atoms with Crippen molar-refractivity contribution in [1.29, 1.82) is 0 Å². The van der Waals surface area contributed by atoms with Crippen molar-refractivity contribution in [1.82, 2.24) is 0 Å². The molecule has 2 rings (SSSR count). The number of ether oxygens (including phenoxy) is 1. The van der Waals surface area contributed by atoms with E-state index in [9.17, 15) is 5.11 Å². The molecule has 2 aromatic rings. The van der Waals surface area contributed by atoms with Gasteiger partial charge < -0.3 is 15.6 Å². The largest absolute Gasteiger partial charge is 0.508 e. The van der Waals surface area contributed by atoms with E-state index in [1.807, 2.05) is 30.3 Å². The summed E-state index contributed by atoms with van der Waals surface area (Å²) in [6, 6.07) is 12.5. The average Bonchev–Trinajstić information content (AvgIpc) is 2.38. The molecular formula is C14H13NO2S. The van der Waals surface area contributed by atoms with E-state index >= 15 is 0 Å². The van der Waals surface area contributed by atoms with Crippen LogP contribution in [0.25, 0.3) is 11.1 Å². The van der Waals surface area contributed by atoms with Crippen molar-refractivity contribution in [2.24, 2.45) is 5.73 Å². The van der Waals surface area contributed by atoms with Gasteiger partial charge >= 0.3 is 0 Å². The molecule has 3 N–H and O–H groups in total. The molecule has 0 aliphatic carbocycles. The first-order valence-electron chi connectivity index (χ1n) is 5.39. The molecule has 0 amide bonds. The molecule has 0 bridgehead atoms. The molecule has 0 heterocycles. The van der Waals surface area contributed by atoms with Crippen LogP contribution in [0.3, 0.4) is 0 Å². The Kier molecular flexibility index (Phi) is 3.48. The second-order valence-corrected chi connectivity index (χ2v) is 4.24. The fourth-order valence-electron chi connectivity index (χ4n) is 1.82. The van der Waals surface area contributed by atoms with Crippen LogP contribution in [-0.4, -0.2) is 17.2 Å². The lowest BCUT2D eigenvalue weighted by Gasteiger charge is -2.12. The maximum absolute atomic E-state index is 9.30. The Hall–Kier alpha value is -2.07. The normalized spacial score (nSPS) is 10.1. The van der Waals surface area contributed by atoms with Gasteiger partial charge in [-0.15, -0.1) is 0 Å². The van der Waals surface area contributed by atoms with Crippen LogP contribution in [0.2, 0.25) is 0 Å². The fraction of sp³-hybridized carbons (Fsp3) is 0.0714. The van der Waals surface area contributed by atoms with Crippen LogP contribution in [0.15, 0.2) is 42.5 Å². The topological polar surface area (TPSA) is 55.5 Å². The first kappa shape index (κ1) is 12.4. The summed E-state index contributed by atoms with van der Waals surface area (Å²) in [6.07, 6.45) is 0. The summed E-state index contributed by atoms with van der Waals surface area (Å²) in [4.78, 5) is 0.299. The molecule has 18 heavy (non-hydrogen) atoms. The van der Waals surface area contributed by atoms with Gasteiger partial charge in [0.15, 0.2) is 0 Å². The monoisotopic (exact) mass is 259 g/mol. The lowest BCUT2D eigenvalue weighted by atomic mass is 10.0. The maximum Gasteiger partial charge on any atom is 0.136 e. The van der Waals surface area contributed by atoms with Crippen molar-refractivity contribution in [3.63, 3.8) is 0 Å². The van der Waals surface area contributed by atoms with Gasteiger partial charge in [-0.25, -0.2) is 0 Å². The molecule has 92 valence electrons. The van der Waals surface area contributed by atoms with E-state index in [-0.39, 0.29) is 5.75 Å². The molecule has 0 saturated carbocycles. The van der Waals surface area contributed by atoms with E-state index in [1.54, 1.807) is 19.2 Å². The minimum atomic E-state index is 0.225. The first-order chi connectivity index (χ1) is 8.63. The molecule has 2 aromatic carbocycles. The lowest BCUT2D eigenvalue weighted by Crippen LogP contribution is -2.11. The number of para-hydroxylation sites is 1. The number of phenolic OH excluding ortho intramolecular Hbond substituents is 1. The van der Waals surface area contributed by atoms with Crippen molar-refractivity contribution < 1.29 is 9.84 Å². The predicted octanol–water partition coefficient (Wildman–Crippen LogP) is 2.70. The zero-order valence-electron chi connectivity index (χ0n) is 9.88. The van der Waals surface area contributed by atoms with Crippen molar-refractivity contribution in [2.75, 3.05) is 7.11 Å². The van der Waals surface area contributed by atoms with E-state index in [1.165, 1.54) is 0 Å². The van der Waals surface area contributed by atoms with E-state index in [0.717, 1.165) is 11.1 Å². The molecule has 0 aliphatic heterocycles. The highest BCUT2D eigenvalue weighted by Gasteiger charge is 2.12. The van der Waals surface area contributed by atoms with Crippen molar-refractivity contribution in [3.05, 3.63) is 48.0 Å². The van der Waals surface area contributed by atoms with Gasteiger partial charge in [0.2, 0.25) is 0 Å². The number of methoxy groups -OCH3 is 1. The molecular weight excluding hydrogens is 246 g/mol. The minimum Gasteiger partial charge on any atom is -0.508 e. The zero-order valence-corrected chi connectivity index (χ0v) is 10.7. The van der Waals surface area contributed by atoms with Crippen LogP contribution in [0.5, 0.6) is 11.5 Å². The summed E-state index contributed by atoms with van der Waals surface area (Å²) in [5.41, 5.74) is 8.20. The maximum atomic E-state index is 9.30. The van der Waals surface area contributed by atoms with Crippen LogP contribution in [0.4, 0.5) is 0 Å². The average molecular weight is 259 g/mol. The van der Waals surface area contributed by atoms with E-state index in [4.69, 9.17) is 22.7 Å². The molecule has 0 radical (unpaired) electrons. The molecule has 0 spiro atoms. The number of nitrogens with two attached hydrogens (primary N) is 1. The van der Waals surface area contributed by atoms with E-state index < -0.39 is 0 Å². The number of phenols is 1.